The number of benzene rings is 1. The van der Waals surface area contributed by atoms with Gasteiger partial charge in [-0.25, -0.2) is 4.98 Å². The highest BCUT2D eigenvalue weighted by Gasteiger charge is 2.14. The van der Waals surface area contributed by atoms with Crippen molar-refractivity contribution in [3.8, 4) is 5.75 Å². The lowest BCUT2D eigenvalue weighted by atomic mass is 10.0. The average Bonchev–Trinajstić information content (AvgIpc) is 2.47. The number of carbonyl (C=O) groups is 1. The Morgan fingerprint density at radius 2 is 2.05 bits per heavy atom. The van der Waals surface area contributed by atoms with Crippen LogP contribution in [0.2, 0.25) is 5.15 Å². The van der Waals surface area contributed by atoms with E-state index in [9.17, 15) is 4.79 Å². The number of halogens is 1. The topological polar surface area (TPSA) is 48.4 Å². The Hall–Kier alpha value is -1.91. The zero-order chi connectivity index (χ0) is 14.4. The second-order valence-corrected chi connectivity index (χ2v) is 4.42. The fourth-order valence-corrected chi connectivity index (χ4v) is 1.89. The van der Waals surface area contributed by atoms with Crippen LogP contribution >= 0.6 is 11.6 Å². The number of ketones is 1. The minimum atomic E-state index is -0.151. The van der Waals surface area contributed by atoms with Crippen molar-refractivity contribution in [2.24, 2.45) is 0 Å². The van der Waals surface area contributed by atoms with Gasteiger partial charge in [0.15, 0.2) is 5.78 Å². The number of ether oxygens (including phenoxy) is 2. The number of methoxy groups -OCH3 is 1. The lowest BCUT2D eigenvalue weighted by Gasteiger charge is -2.10. The summed E-state index contributed by atoms with van der Waals surface area (Å²) in [6.45, 7) is 0.849. The normalized spacial score (nSPS) is 10.3. The fraction of sp³-hybridized carbons (Fsp3) is 0.200. The average molecular weight is 292 g/mol. The molecule has 0 aliphatic rings. The second-order valence-electron chi connectivity index (χ2n) is 4.03. The van der Waals surface area contributed by atoms with Gasteiger partial charge in [0, 0.05) is 18.9 Å². The highest BCUT2D eigenvalue weighted by molar-refractivity contribution is 6.30. The molecule has 104 valence electrons. The van der Waals surface area contributed by atoms with Crippen LogP contribution in [0.1, 0.15) is 15.9 Å². The van der Waals surface area contributed by atoms with Crippen molar-refractivity contribution in [2.45, 2.75) is 0 Å². The molecule has 1 aromatic carbocycles. The van der Waals surface area contributed by atoms with Gasteiger partial charge in [-0.05, 0) is 24.3 Å². The summed E-state index contributed by atoms with van der Waals surface area (Å²) in [7, 11) is 1.60. The summed E-state index contributed by atoms with van der Waals surface area (Å²) in [5.74, 6) is 0.379. The van der Waals surface area contributed by atoms with Crippen molar-refractivity contribution in [3.63, 3.8) is 0 Å². The van der Waals surface area contributed by atoms with Gasteiger partial charge in [0.1, 0.15) is 17.5 Å². The van der Waals surface area contributed by atoms with E-state index in [1.807, 2.05) is 6.07 Å². The molecule has 0 unspecified atom stereocenters. The third kappa shape index (κ3) is 3.56. The maximum atomic E-state index is 12.5. The molecule has 0 radical (unpaired) electrons. The lowest BCUT2D eigenvalue weighted by molar-refractivity contribution is 0.103. The minimum absolute atomic E-state index is 0.151. The largest absolute Gasteiger partial charge is 0.490 e. The van der Waals surface area contributed by atoms with Crippen molar-refractivity contribution in [1.82, 2.24) is 4.98 Å². The molecule has 0 aliphatic carbocycles. The van der Waals surface area contributed by atoms with Crippen molar-refractivity contribution in [2.75, 3.05) is 20.3 Å². The van der Waals surface area contributed by atoms with Gasteiger partial charge in [0.25, 0.3) is 0 Å². The quantitative estimate of drug-likeness (QED) is 0.466. The smallest absolute Gasteiger partial charge is 0.196 e. The molecule has 0 aliphatic heterocycles. The molecule has 1 aromatic heterocycles. The predicted octanol–water partition coefficient (Wildman–Crippen LogP) is 2.99. The van der Waals surface area contributed by atoms with E-state index >= 15 is 0 Å². The molecule has 0 amide bonds. The Labute approximate surface area is 122 Å². The van der Waals surface area contributed by atoms with Crippen LogP contribution in [-0.4, -0.2) is 31.1 Å². The second kappa shape index (κ2) is 7.03. The number of nitrogens with zero attached hydrogens (tertiary/aromatic N) is 1. The van der Waals surface area contributed by atoms with Crippen LogP contribution in [0.5, 0.6) is 5.75 Å². The number of pyridine rings is 1. The fourth-order valence-electron chi connectivity index (χ4n) is 1.71. The molecule has 0 saturated heterocycles. The molecule has 1 heterocycles. The molecule has 5 heteroatoms. The van der Waals surface area contributed by atoms with Gasteiger partial charge >= 0.3 is 0 Å². The molecular formula is C15H14ClNO3. The van der Waals surface area contributed by atoms with Crippen LogP contribution in [0.3, 0.4) is 0 Å². The Morgan fingerprint density at radius 1 is 1.25 bits per heavy atom. The molecule has 0 saturated carbocycles. The molecule has 20 heavy (non-hydrogen) atoms. The SMILES string of the molecule is COCCOc1ccccc1C(=O)c1ccnc(Cl)c1. The van der Waals surface area contributed by atoms with Crippen LogP contribution in [0.4, 0.5) is 0 Å². The molecule has 2 aromatic rings. The molecule has 0 bridgehead atoms. The highest BCUT2D eigenvalue weighted by atomic mass is 35.5. The van der Waals surface area contributed by atoms with E-state index in [2.05, 4.69) is 4.98 Å². The molecule has 2 rings (SSSR count). The van der Waals surface area contributed by atoms with Crippen molar-refractivity contribution in [3.05, 3.63) is 58.9 Å². The number of para-hydroxylation sites is 1. The maximum absolute atomic E-state index is 12.5. The van der Waals surface area contributed by atoms with Gasteiger partial charge in [-0.1, -0.05) is 23.7 Å². The first-order valence-corrected chi connectivity index (χ1v) is 6.47. The van der Waals surface area contributed by atoms with Crippen molar-refractivity contribution < 1.29 is 14.3 Å². The highest BCUT2D eigenvalue weighted by Crippen LogP contribution is 2.22. The summed E-state index contributed by atoms with van der Waals surface area (Å²) in [6.07, 6.45) is 1.50. The Bertz CT molecular complexity index is 601. The number of hydrogen-bond donors (Lipinski definition) is 0. The zero-order valence-corrected chi connectivity index (χ0v) is 11.8. The van der Waals surface area contributed by atoms with E-state index in [0.717, 1.165) is 0 Å². The summed E-state index contributed by atoms with van der Waals surface area (Å²) >= 11 is 5.81. The summed E-state index contributed by atoms with van der Waals surface area (Å²) < 4.78 is 10.5. The van der Waals surface area contributed by atoms with E-state index in [4.69, 9.17) is 21.1 Å². The van der Waals surface area contributed by atoms with Gasteiger partial charge in [0.05, 0.1) is 12.2 Å². The summed E-state index contributed by atoms with van der Waals surface area (Å²) in [5, 5.41) is 0.286. The molecule has 0 atom stereocenters. The molecule has 0 N–H and O–H groups in total. The van der Waals surface area contributed by atoms with E-state index < -0.39 is 0 Å². The monoisotopic (exact) mass is 291 g/mol. The zero-order valence-electron chi connectivity index (χ0n) is 11.0. The van der Waals surface area contributed by atoms with Gasteiger partial charge in [-0.15, -0.1) is 0 Å². The van der Waals surface area contributed by atoms with Gasteiger partial charge < -0.3 is 9.47 Å². The molecule has 0 spiro atoms. The maximum Gasteiger partial charge on any atom is 0.196 e. The Morgan fingerprint density at radius 3 is 2.80 bits per heavy atom. The molecule has 4 nitrogen and oxygen atoms in total. The number of carbonyl (C=O) groups excluding carboxylic acids is 1. The first-order valence-electron chi connectivity index (χ1n) is 6.09. The van der Waals surface area contributed by atoms with E-state index in [1.54, 1.807) is 31.4 Å². The minimum Gasteiger partial charge on any atom is -0.490 e. The number of rotatable bonds is 6. The third-order valence-electron chi connectivity index (χ3n) is 2.67. The van der Waals surface area contributed by atoms with Crippen LogP contribution in [0.15, 0.2) is 42.6 Å². The third-order valence-corrected chi connectivity index (χ3v) is 2.87. The van der Waals surface area contributed by atoms with Gasteiger partial charge in [0.2, 0.25) is 0 Å². The summed E-state index contributed by atoms with van der Waals surface area (Å²) in [4.78, 5) is 16.3. The van der Waals surface area contributed by atoms with Crippen LogP contribution < -0.4 is 4.74 Å². The Balaban J connectivity index is 2.25. The van der Waals surface area contributed by atoms with Gasteiger partial charge in [-0.2, -0.15) is 0 Å². The molecule has 0 fully saturated rings. The van der Waals surface area contributed by atoms with E-state index in [-0.39, 0.29) is 10.9 Å². The number of aromatic nitrogens is 1. The van der Waals surface area contributed by atoms with Crippen LogP contribution in [0, 0.1) is 0 Å². The summed E-state index contributed by atoms with van der Waals surface area (Å²) in [6, 6.07) is 10.2. The predicted molar refractivity (Wildman–Crippen MR) is 76.5 cm³/mol. The first kappa shape index (κ1) is 14.5. The van der Waals surface area contributed by atoms with E-state index in [0.29, 0.717) is 30.1 Å². The molecular weight excluding hydrogens is 278 g/mol. The first-order chi connectivity index (χ1) is 9.72. The van der Waals surface area contributed by atoms with Gasteiger partial charge in [-0.3, -0.25) is 4.79 Å². The number of hydrogen-bond acceptors (Lipinski definition) is 4. The standard InChI is InChI=1S/C15H14ClNO3/c1-19-8-9-20-13-5-3-2-4-12(13)15(18)11-6-7-17-14(16)10-11/h2-7,10H,8-9H2,1H3. The van der Waals surface area contributed by atoms with Crippen LogP contribution in [-0.2, 0) is 4.74 Å². The lowest BCUT2D eigenvalue weighted by Crippen LogP contribution is -2.09. The Kier molecular flexibility index (Phi) is 5.09. The summed E-state index contributed by atoms with van der Waals surface area (Å²) in [5.41, 5.74) is 0.971. The van der Waals surface area contributed by atoms with E-state index in [1.165, 1.54) is 12.3 Å². The van der Waals surface area contributed by atoms with Crippen molar-refractivity contribution in [1.29, 1.82) is 0 Å². The van der Waals surface area contributed by atoms with Crippen LogP contribution in [0.25, 0.3) is 0 Å². The van der Waals surface area contributed by atoms with Crippen molar-refractivity contribution >= 4 is 17.4 Å².